The molecule has 30 heavy (non-hydrogen) atoms. The molecule has 1 saturated heterocycles. The molecular weight excluding hydrogens is 491 g/mol. The van der Waals surface area contributed by atoms with E-state index in [0.29, 0.717) is 12.1 Å². The van der Waals surface area contributed by atoms with Crippen molar-refractivity contribution in [1.29, 1.82) is 0 Å². The number of thiophene rings is 1. The normalized spacial score (nSPS) is 16.1. The van der Waals surface area contributed by atoms with Gasteiger partial charge in [-0.3, -0.25) is 20.4 Å². The van der Waals surface area contributed by atoms with Gasteiger partial charge in [-0.05, 0) is 55.4 Å². The molecule has 0 radical (unpaired) electrons. The van der Waals surface area contributed by atoms with Gasteiger partial charge in [-0.1, -0.05) is 23.2 Å². The van der Waals surface area contributed by atoms with E-state index < -0.39 is 15.9 Å². The molecule has 1 aliphatic rings. The third-order valence-electron chi connectivity index (χ3n) is 4.12. The molecule has 0 aliphatic carbocycles. The van der Waals surface area contributed by atoms with E-state index in [9.17, 15) is 13.2 Å². The third-order valence-corrected chi connectivity index (χ3v) is 7.50. The maximum Gasteiger partial charge on any atom is 0.269 e. The van der Waals surface area contributed by atoms with E-state index >= 15 is 0 Å². The molecular formula is C17H18Cl2N4O4S3. The van der Waals surface area contributed by atoms with Crippen molar-refractivity contribution in [2.75, 3.05) is 17.9 Å². The number of benzene rings is 1. The molecule has 1 aromatic carbocycles. The average Bonchev–Trinajstić information content (AvgIpc) is 3.34. The van der Waals surface area contributed by atoms with Crippen LogP contribution in [0.15, 0.2) is 35.2 Å². The number of anilines is 1. The standard InChI is InChI=1S/C17H18Cl2N4O4S3/c18-14-8-13(15(19)29-14)30(25,26)23-11-5-3-10(4-6-11)16(24)21-22-17(28)20-9-12-2-1-7-27-12/h3-6,8,12,23H,1-2,7,9H2,(H,21,24)(H2,20,22,28)/t12-/m1/s1. The van der Waals surface area contributed by atoms with Gasteiger partial charge in [0.1, 0.15) is 9.23 Å². The molecule has 1 aromatic heterocycles. The van der Waals surface area contributed by atoms with Gasteiger partial charge in [0.05, 0.1) is 10.4 Å². The van der Waals surface area contributed by atoms with Crippen LogP contribution in [0.1, 0.15) is 23.2 Å². The van der Waals surface area contributed by atoms with Crippen LogP contribution >= 0.6 is 46.8 Å². The zero-order valence-electron chi connectivity index (χ0n) is 15.4. The second-order valence-corrected chi connectivity index (χ2v) is 10.6. The molecule has 1 atom stereocenters. The number of hydrogen-bond acceptors (Lipinski definition) is 6. The molecule has 0 spiro atoms. The Morgan fingerprint density at radius 2 is 1.97 bits per heavy atom. The van der Waals surface area contributed by atoms with Gasteiger partial charge in [-0.25, -0.2) is 8.42 Å². The van der Waals surface area contributed by atoms with Gasteiger partial charge in [0.25, 0.3) is 15.9 Å². The van der Waals surface area contributed by atoms with Gasteiger partial charge < -0.3 is 10.1 Å². The lowest BCUT2D eigenvalue weighted by atomic mass is 10.2. The Morgan fingerprint density at radius 1 is 1.23 bits per heavy atom. The summed E-state index contributed by atoms with van der Waals surface area (Å²) in [6.45, 7) is 1.32. The Hall–Kier alpha value is -1.63. The minimum absolute atomic E-state index is 0.0682. The topological polar surface area (TPSA) is 109 Å². The fourth-order valence-corrected chi connectivity index (χ4v) is 5.99. The highest BCUT2D eigenvalue weighted by molar-refractivity contribution is 7.93. The highest BCUT2D eigenvalue weighted by atomic mass is 35.5. The number of ether oxygens (including phenoxy) is 1. The molecule has 0 unspecified atom stereocenters. The summed E-state index contributed by atoms with van der Waals surface area (Å²) in [6, 6.07) is 7.14. The van der Waals surface area contributed by atoms with Crippen LogP contribution in [-0.4, -0.2) is 38.7 Å². The van der Waals surface area contributed by atoms with Crippen molar-refractivity contribution < 1.29 is 17.9 Å². The number of hydrogen-bond donors (Lipinski definition) is 4. The monoisotopic (exact) mass is 508 g/mol. The molecule has 1 aliphatic heterocycles. The minimum Gasteiger partial charge on any atom is -0.376 e. The highest BCUT2D eigenvalue weighted by Crippen LogP contribution is 2.35. The summed E-state index contributed by atoms with van der Waals surface area (Å²) in [5.41, 5.74) is 5.67. The first-order valence-corrected chi connectivity index (χ1v) is 12.2. The molecule has 1 amide bonds. The van der Waals surface area contributed by atoms with Crippen molar-refractivity contribution in [3.8, 4) is 0 Å². The molecule has 0 saturated carbocycles. The fourth-order valence-electron chi connectivity index (χ4n) is 2.65. The molecule has 13 heteroatoms. The lowest BCUT2D eigenvalue weighted by molar-refractivity contribution is 0.0943. The highest BCUT2D eigenvalue weighted by Gasteiger charge is 2.21. The number of amides is 1. The Balaban J connectivity index is 1.51. The average molecular weight is 509 g/mol. The largest absolute Gasteiger partial charge is 0.376 e. The summed E-state index contributed by atoms with van der Waals surface area (Å²) in [5.74, 6) is -0.432. The SMILES string of the molecule is O=C(NNC(=S)NC[C@H]1CCCO1)c1ccc(NS(=O)(=O)c2cc(Cl)sc2Cl)cc1. The molecule has 2 aromatic rings. The van der Waals surface area contributed by atoms with Gasteiger partial charge in [-0.15, -0.1) is 11.3 Å². The summed E-state index contributed by atoms with van der Waals surface area (Å²) in [5, 5.41) is 3.25. The minimum atomic E-state index is -3.90. The zero-order valence-corrected chi connectivity index (χ0v) is 19.4. The van der Waals surface area contributed by atoms with E-state index in [1.165, 1.54) is 30.3 Å². The van der Waals surface area contributed by atoms with Crippen LogP contribution in [0.5, 0.6) is 0 Å². The number of nitrogens with one attached hydrogen (secondary N) is 4. The van der Waals surface area contributed by atoms with Crippen LogP contribution in [0.2, 0.25) is 8.67 Å². The third kappa shape index (κ3) is 6.19. The van der Waals surface area contributed by atoms with Crippen molar-refractivity contribution in [2.45, 2.75) is 23.8 Å². The van der Waals surface area contributed by atoms with E-state index in [1.54, 1.807) is 0 Å². The second-order valence-electron chi connectivity index (χ2n) is 6.30. The van der Waals surface area contributed by atoms with Crippen LogP contribution in [0.25, 0.3) is 0 Å². The quantitative estimate of drug-likeness (QED) is 0.350. The first kappa shape index (κ1) is 23.0. The van der Waals surface area contributed by atoms with E-state index in [2.05, 4.69) is 20.9 Å². The summed E-state index contributed by atoms with van der Waals surface area (Å²) in [4.78, 5) is 12.1. The maximum absolute atomic E-state index is 12.4. The van der Waals surface area contributed by atoms with Gasteiger partial charge >= 0.3 is 0 Å². The van der Waals surface area contributed by atoms with Crippen LogP contribution in [-0.2, 0) is 14.8 Å². The van der Waals surface area contributed by atoms with E-state index in [4.69, 9.17) is 40.2 Å². The number of hydrazine groups is 1. The molecule has 162 valence electrons. The molecule has 0 bridgehead atoms. The summed E-state index contributed by atoms with van der Waals surface area (Å²) in [7, 11) is -3.90. The molecule has 1 fully saturated rings. The van der Waals surface area contributed by atoms with Crippen molar-refractivity contribution in [1.82, 2.24) is 16.2 Å². The van der Waals surface area contributed by atoms with Crippen LogP contribution < -0.4 is 20.9 Å². The Labute approximate surface area is 193 Å². The first-order valence-electron chi connectivity index (χ1n) is 8.78. The van der Waals surface area contributed by atoms with Gasteiger partial charge in [0.2, 0.25) is 0 Å². The van der Waals surface area contributed by atoms with Crippen LogP contribution in [0.3, 0.4) is 0 Å². The van der Waals surface area contributed by atoms with E-state index in [0.717, 1.165) is 30.8 Å². The lowest BCUT2D eigenvalue weighted by Gasteiger charge is -2.14. The van der Waals surface area contributed by atoms with Crippen molar-refractivity contribution >= 4 is 73.5 Å². The maximum atomic E-state index is 12.4. The summed E-state index contributed by atoms with van der Waals surface area (Å²) in [6.07, 6.45) is 2.13. The number of thiocarbonyl (C=S) groups is 1. The second kappa shape index (κ2) is 10.1. The smallest absolute Gasteiger partial charge is 0.269 e. The number of rotatable bonds is 6. The molecule has 4 N–H and O–H groups in total. The van der Waals surface area contributed by atoms with Crippen molar-refractivity contribution in [2.24, 2.45) is 0 Å². The number of carbonyl (C=O) groups is 1. The lowest BCUT2D eigenvalue weighted by Crippen LogP contribution is -2.48. The van der Waals surface area contributed by atoms with Crippen LogP contribution in [0.4, 0.5) is 5.69 Å². The number of sulfonamides is 1. The van der Waals surface area contributed by atoms with Gasteiger partial charge in [0.15, 0.2) is 5.11 Å². The zero-order chi connectivity index (χ0) is 21.7. The Kier molecular flexibility index (Phi) is 7.77. The molecule has 8 nitrogen and oxygen atoms in total. The predicted octanol–water partition coefficient (Wildman–Crippen LogP) is 3.14. The molecule has 3 rings (SSSR count). The fraction of sp³-hybridized carbons (Fsp3) is 0.294. The van der Waals surface area contributed by atoms with E-state index in [-0.39, 0.29) is 30.5 Å². The molecule has 2 heterocycles. The predicted molar refractivity (Wildman–Crippen MR) is 122 cm³/mol. The summed E-state index contributed by atoms with van der Waals surface area (Å²) >= 11 is 17.8. The first-order chi connectivity index (χ1) is 14.2. The van der Waals surface area contributed by atoms with E-state index in [1.807, 2.05) is 0 Å². The Bertz CT molecular complexity index is 1020. The van der Waals surface area contributed by atoms with Crippen LogP contribution in [0, 0.1) is 0 Å². The van der Waals surface area contributed by atoms with Gasteiger partial charge in [0, 0.05) is 24.4 Å². The number of carbonyl (C=O) groups excluding carboxylic acids is 1. The Morgan fingerprint density at radius 3 is 2.57 bits per heavy atom. The number of halogens is 2. The van der Waals surface area contributed by atoms with Gasteiger partial charge in [-0.2, -0.15) is 0 Å². The van der Waals surface area contributed by atoms with Crippen molar-refractivity contribution in [3.05, 3.63) is 44.6 Å². The van der Waals surface area contributed by atoms with Crippen molar-refractivity contribution in [3.63, 3.8) is 0 Å². The summed E-state index contributed by atoms with van der Waals surface area (Å²) < 4.78 is 33.1.